The second-order valence-electron chi connectivity index (χ2n) is 4.44. The molecule has 1 heterocycles. The van der Waals surface area contributed by atoms with E-state index in [1.165, 1.54) is 12.1 Å². The van der Waals surface area contributed by atoms with E-state index in [4.69, 9.17) is 10.3 Å². The van der Waals surface area contributed by atoms with Crippen molar-refractivity contribution in [2.45, 2.75) is 9.79 Å². The molecule has 2 aromatic carbocycles. The SMILES string of the molecule is Nc1nc2ccc3cc(S(=O)(=O)O)cc(S(=O)(=O)O)c3c2s1. The molecule has 0 aliphatic carbocycles. The van der Waals surface area contributed by atoms with E-state index in [1.807, 2.05) is 0 Å². The normalized spacial score (nSPS) is 13.0. The molecule has 0 aliphatic rings. The highest BCUT2D eigenvalue weighted by molar-refractivity contribution is 7.86. The second kappa shape index (κ2) is 4.60. The van der Waals surface area contributed by atoms with Crippen LogP contribution >= 0.6 is 11.3 Å². The van der Waals surface area contributed by atoms with Crippen molar-refractivity contribution in [3.63, 3.8) is 0 Å². The van der Waals surface area contributed by atoms with Crippen molar-refractivity contribution >= 4 is 57.7 Å². The Morgan fingerprint density at radius 3 is 2.32 bits per heavy atom. The van der Waals surface area contributed by atoms with Crippen LogP contribution in [-0.4, -0.2) is 30.9 Å². The molecule has 0 bridgehead atoms. The lowest BCUT2D eigenvalue weighted by Crippen LogP contribution is -2.04. The average molecular weight is 360 g/mol. The zero-order valence-electron chi connectivity index (χ0n) is 10.6. The van der Waals surface area contributed by atoms with Gasteiger partial charge in [0, 0.05) is 5.39 Å². The maximum atomic E-state index is 11.6. The third-order valence-electron chi connectivity index (χ3n) is 3.00. The van der Waals surface area contributed by atoms with Crippen LogP contribution in [-0.2, 0) is 20.2 Å². The molecular formula is C11H8N2O6S3. The van der Waals surface area contributed by atoms with Crippen LogP contribution in [0.2, 0.25) is 0 Å². The highest BCUT2D eigenvalue weighted by Crippen LogP contribution is 2.36. The van der Waals surface area contributed by atoms with Gasteiger partial charge >= 0.3 is 0 Å². The number of benzene rings is 2. The van der Waals surface area contributed by atoms with Gasteiger partial charge in [0.25, 0.3) is 20.2 Å². The predicted molar refractivity (Wildman–Crippen MR) is 81.2 cm³/mol. The van der Waals surface area contributed by atoms with E-state index in [-0.39, 0.29) is 15.9 Å². The fourth-order valence-electron chi connectivity index (χ4n) is 2.15. The zero-order valence-corrected chi connectivity index (χ0v) is 13.0. The van der Waals surface area contributed by atoms with Gasteiger partial charge in [0.05, 0.1) is 15.1 Å². The first-order valence-electron chi connectivity index (χ1n) is 5.65. The van der Waals surface area contributed by atoms with E-state index < -0.39 is 30.0 Å². The fourth-order valence-corrected chi connectivity index (χ4v) is 4.48. The Kier molecular flexibility index (Phi) is 3.16. The van der Waals surface area contributed by atoms with Gasteiger partial charge in [-0.15, -0.1) is 0 Å². The smallest absolute Gasteiger partial charge is 0.295 e. The lowest BCUT2D eigenvalue weighted by Gasteiger charge is -2.07. The highest BCUT2D eigenvalue weighted by atomic mass is 32.2. The molecule has 1 aromatic heterocycles. The molecular weight excluding hydrogens is 352 g/mol. The number of rotatable bonds is 2. The number of aromatic nitrogens is 1. The summed E-state index contributed by atoms with van der Waals surface area (Å²) in [5.41, 5.74) is 6.02. The average Bonchev–Trinajstić information content (AvgIpc) is 2.75. The summed E-state index contributed by atoms with van der Waals surface area (Å²) in [5.74, 6) is 0. The van der Waals surface area contributed by atoms with Gasteiger partial charge < -0.3 is 5.73 Å². The largest absolute Gasteiger partial charge is 0.375 e. The number of anilines is 1. The van der Waals surface area contributed by atoms with E-state index in [9.17, 15) is 21.4 Å². The Morgan fingerprint density at radius 1 is 1.05 bits per heavy atom. The Hall–Kier alpha value is -1.79. The van der Waals surface area contributed by atoms with Crippen LogP contribution < -0.4 is 5.73 Å². The van der Waals surface area contributed by atoms with Gasteiger partial charge in [-0.1, -0.05) is 17.4 Å². The molecule has 3 aromatic rings. The van der Waals surface area contributed by atoms with Crippen molar-refractivity contribution < 1.29 is 25.9 Å². The number of nitrogens with zero attached hydrogens (tertiary/aromatic N) is 1. The van der Waals surface area contributed by atoms with Crippen molar-refractivity contribution in [2.24, 2.45) is 0 Å². The van der Waals surface area contributed by atoms with Crippen LogP contribution in [0.3, 0.4) is 0 Å². The lowest BCUT2D eigenvalue weighted by molar-refractivity contribution is 0.482. The first-order valence-corrected chi connectivity index (χ1v) is 9.35. The molecule has 0 unspecified atom stereocenters. The first kappa shape index (κ1) is 15.1. The predicted octanol–water partition coefficient (Wildman–Crippen LogP) is 1.53. The number of fused-ring (bicyclic) bond motifs is 3. The van der Waals surface area contributed by atoms with E-state index in [0.717, 1.165) is 17.4 Å². The van der Waals surface area contributed by atoms with E-state index in [2.05, 4.69) is 4.98 Å². The summed E-state index contributed by atoms with van der Waals surface area (Å²) < 4.78 is 64.7. The quantitative estimate of drug-likeness (QED) is 0.583. The topological polar surface area (TPSA) is 148 Å². The molecule has 0 spiro atoms. The number of hydrogen-bond donors (Lipinski definition) is 3. The van der Waals surface area contributed by atoms with Crippen molar-refractivity contribution in [3.05, 3.63) is 24.3 Å². The Balaban J connectivity index is 2.62. The number of thiazole rings is 1. The molecule has 22 heavy (non-hydrogen) atoms. The van der Waals surface area contributed by atoms with Crippen molar-refractivity contribution in [3.8, 4) is 0 Å². The van der Waals surface area contributed by atoms with Crippen molar-refractivity contribution in [1.29, 1.82) is 0 Å². The Morgan fingerprint density at radius 2 is 1.73 bits per heavy atom. The number of nitrogen functional groups attached to an aromatic ring is 1. The summed E-state index contributed by atoms with van der Waals surface area (Å²) in [6.45, 7) is 0. The molecule has 4 N–H and O–H groups in total. The van der Waals surface area contributed by atoms with Gasteiger partial charge in [0.2, 0.25) is 0 Å². The molecule has 0 saturated heterocycles. The Bertz CT molecular complexity index is 1130. The molecule has 0 amide bonds. The van der Waals surface area contributed by atoms with Crippen LogP contribution in [0, 0.1) is 0 Å². The second-order valence-corrected chi connectivity index (χ2v) is 8.28. The molecule has 0 atom stereocenters. The third kappa shape index (κ3) is 2.42. The molecule has 0 saturated carbocycles. The lowest BCUT2D eigenvalue weighted by atomic mass is 10.1. The van der Waals surface area contributed by atoms with Crippen LogP contribution in [0.5, 0.6) is 0 Å². The molecule has 0 radical (unpaired) electrons. The maximum absolute atomic E-state index is 11.6. The van der Waals surface area contributed by atoms with Crippen LogP contribution in [0.15, 0.2) is 34.1 Å². The van der Waals surface area contributed by atoms with Gasteiger partial charge in [0.1, 0.15) is 4.90 Å². The van der Waals surface area contributed by atoms with Gasteiger partial charge in [-0.05, 0) is 23.6 Å². The minimum atomic E-state index is -4.73. The van der Waals surface area contributed by atoms with Gasteiger partial charge in [0.15, 0.2) is 5.13 Å². The third-order valence-corrected chi connectivity index (χ3v) is 5.63. The summed E-state index contributed by atoms with van der Waals surface area (Å²) in [6.07, 6.45) is 0. The molecule has 116 valence electrons. The number of nitrogens with two attached hydrogens (primary N) is 1. The van der Waals surface area contributed by atoms with Crippen LogP contribution in [0.4, 0.5) is 5.13 Å². The maximum Gasteiger partial charge on any atom is 0.295 e. The minimum Gasteiger partial charge on any atom is -0.375 e. The molecule has 11 heteroatoms. The molecule has 0 aliphatic heterocycles. The van der Waals surface area contributed by atoms with Crippen molar-refractivity contribution in [1.82, 2.24) is 4.98 Å². The van der Waals surface area contributed by atoms with Crippen LogP contribution in [0.1, 0.15) is 0 Å². The van der Waals surface area contributed by atoms with Crippen LogP contribution in [0.25, 0.3) is 21.0 Å². The summed E-state index contributed by atoms with van der Waals surface area (Å²) in [7, 11) is -9.37. The molecule has 3 rings (SSSR count). The molecule has 8 nitrogen and oxygen atoms in total. The summed E-state index contributed by atoms with van der Waals surface area (Å²) in [6, 6.07) is 4.77. The highest BCUT2D eigenvalue weighted by Gasteiger charge is 2.22. The monoisotopic (exact) mass is 360 g/mol. The summed E-state index contributed by atoms with van der Waals surface area (Å²) in [4.78, 5) is 2.74. The Labute approximate surface area is 128 Å². The van der Waals surface area contributed by atoms with E-state index >= 15 is 0 Å². The number of hydrogen-bond acceptors (Lipinski definition) is 7. The molecule has 0 fully saturated rings. The van der Waals surface area contributed by atoms with Crippen molar-refractivity contribution in [2.75, 3.05) is 5.73 Å². The fraction of sp³-hybridized carbons (Fsp3) is 0. The van der Waals surface area contributed by atoms with E-state index in [1.54, 1.807) is 0 Å². The minimum absolute atomic E-state index is 0.0987. The van der Waals surface area contributed by atoms with Gasteiger partial charge in [-0.25, -0.2) is 4.98 Å². The summed E-state index contributed by atoms with van der Waals surface area (Å²) in [5, 5.41) is 0.503. The van der Waals surface area contributed by atoms with Gasteiger partial charge in [-0.2, -0.15) is 16.8 Å². The zero-order chi connectivity index (χ0) is 16.3. The standard InChI is InChI=1S/C11H8N2O6S3/c12-11-13-7-2-1-5-3-6(21(14,15)16)4-8(22(17,18)19)9(5)10(7)20-11/h1-4H,(H2,12,13)(H,14,15,16)(H,17,18,19). The van der Waals surface area contributed by atoms with E-state index in [0.29, 0.717) is 16.3 Å². The summed E-state index contributed by atoms with van der Waals surface area (Å²) >= 11 is 1.00. The first-order chi connectivity index (χ1) is 10.1. The van der Waals surface area contributed by atoms with Gasteiger partial charge in [-0.3, -0.25) is 9.11 Å².